The first-order valence-electron chi connectivity index (χ1n) is 6.39. The molecule has 4 aromatic rings. The van der Waals surface area contributed by atoms with Crippen molar-refractivity contribution in [2.24, 2.45) is 0 Å². The van der Waals surface area contributed by atoms with Gasteiger partial charge in [-0.15, -0.1) is 0 Å². The number of fused-ring (bicyclic) bond motifs is 2. The number of hydrogen-bond donors (Lipinski definition) is 2. The summed E-state index contributed by atoms with van der Waals surface area (Å²) in [6, 6.07) is 9.53. The maximum Gasteiger partial charge on any atom is 0.283 e. The van der Waals surface area contributed by atoms with Crippen molar-refractivity contribution in [3.8, 4) is 0 Å². The van der Waals surface area contributed by atoms with Crippen LogP contribution in [-0.2, 0) is 6.54 Å². The quantitative estimate of drug-likeness (QED) is 0.579. The molecule has 3 heterocycles. The van der Waals surface area contributed by atoms with Crippen LogP contribution in [0.25, 0.3) is 22.1 Å². The normalized spacial score (nSPS) is 11.4. The summed E-state index contributed by atoms with van der Waals surface area (Å²) in [4.78, 5) is 23.2. The molecular formula is C14H11N5O2. The van der Waals surface area contributed by atoms with Crippen molar-refractivity contribution < 1.29 is 4.42 Å². The Kier molecular flexibility index (Phi) is 2.34. The number of hydrogen-bond acceptors (Lipinski definition) is 5. The second kappa shape index (κ2) is 4.20. The lowest BCUT2D eigenvalue weighted by Crippen LogP contribution is -2.25. The fourth-order valence-corrected chi connectivity index (χ4v) is 2.36. The molecule has 0 bridgehead atoms. The summed E-state index contributed by atoms with van der Waals surface area (Å²) >= 11 is 0. The molecule has 21 heavy (non-hydrogen) atoms. The van der Waals surface area contributed by atoms with Gasteiger partial charge in [0.2, 0.25) is 5.95 Å². The number of imidazole rings is 1. The van der Waals surface area contributed by atoms with Crippen molar-refractivity contribution in [1.82, 2.24) is 19.5 Å². The van der Waals surface area contributed by atoms with Crippen molar-refractivity contribution >= 4 is 28.1 Å². The molecule has 0 spiro atoms. The number of aromatic amines is 1. The Morgan fingerprint density at radius 3 is 3.05 bits per heavy atom. The molecule has 0 saturated heterocycles. The third kappa shape index (κ3) is 1.78. The van der Waals surface area contributed by atoms with E-state index in [1.54, 1.807) is 0 Å². The molecule has 3 N–H and O–H groups in total. The number of nitrogens with one attached hydrogen (secondary N) is 1. The Hall–Kier alpha value is -3.09. The summed E-state index contributed by atoms with van der Waals surface area (Å²) in [6.45, 7) is 0.217. The highest BCUT2D eigenvalue weighted by Gasteiger charge is 2.13. The summed E-state index contributed by atoms with van der Waals surface area (Å²) in [5.74, 6) is 0.763. The number of nitrogen functional groups attached to an aromatic ring is 1. The number of anilines is 1. The Labute approximate surface area is 118 Å². The molecule has 7 heteroatoms. The SMILES string of the molecule is Nc1nc2[nH]cnc2c(=O)n1Cc1cc2ccccc2o1. The Morgan fingerprint density at radius 1 is 1.33 bits per heavy atom. The number of rotatable bonds is 2. The second-order valence-corrected chi connectivity index (χ2v) is 4.71. The highest BCUT2D eigenvalue weighted by Crippen LogP contribution is 2.19. The largest absolute Gasteiger partial charge is 0.459 e. The lowest BCUT2D eigenvalue weighted by molar-refractivity contribution is 0.524. The first kappa shape index (κ1) is 11.7. The van der Waals surface area contributed by atoms with Gasteiger partial charge in [0.25, 0.3) is 5.56 Å². The predicted octanol–water partition coefficient (Wildman–Crippen LogP) is 1.50. The van der Waals surface area contributed by atoms with E-state index in [9.17, 15) is 4.79 Å². The monoisotopic (exact) mass is 281 g/mol. The van der Waals surface area contributed by atoms with Crippen LogP contribution in [0, 0.1) is 0 Å². The maximum atomic E-state index is 12.3. The van der Waals surface area contributed by atoms with Gasteiger partial charge in [-0.2, -0.15) is 4.98 Å². The molecular weight excluding hydrogens is 270 g/mol. The van der Waals surface area contributed by atoms with E-state index in [4.69, 9.17) is 10.2 Å². The van der Waals surface area contributed by atoms with Crippen molar-refractivity contribution in [2.45, 2.75) is 6.54 Å². The molecule has 7 nitrogen and oxygen atoms in total. The lowest BCUT2D eigenvalue weighted by Gasteiger charge is -2.06. The van der Waals surface area contributed by atoms with Crippen LogP contribution in [0.15, 0.2) is 45.9 Å². The summed E-state index contributed by atoms with van der Waals surface area (Å²) in [7, 11) is 0. The van der Waals surface area contributed by atoms with Gasteiger partial charge in [-0.25, -0.2) is 4.98 Å². The minimum atomic E-state index is -0.292. The van der Waals surface area contributed by atoms with Crippen LogP contribution in [0.1, 0.15) is 5.76 Å². The lowest BCUT2D eigenvalue weighted by atomic mass is 10.2. The summed E-state index contributed by atoms with van der Waals surface area (Å²) in [6.07, 6.45) is 1.42. The van der Waals surface area contributed by atoms with Crippen LogP contribution in [-0.4, -0.2) is 19.5 Å². The molecule has 0 amide bonds. The average molecular weight is 281 g/mol. The van der Waals surface area contributed by atoms with E-state index in [1.165, 1.54) is 10.9 Å². The van der Waals surface area contributed by atoms with Gasteiger partial charge in [-0.05, 0) is 12.1 Å². The number of nitrogens with two attached hydrogens (primary N) is 1. The molecule has 0 aliphatic rings. The molecule has 4 rings (SSSR count). The summed E-state index contributed by atoms with van der Waals surface area (Å²) < 4.78 is 7.05. The topological polar surface area (TPSA) is 103 Å². The molecule has 104 valence electrons. The second-order valence-electron chi connectivity index (χ2n) is 4.71. The zero-order valence-corrected chi connectivity index (χ0v) is 10.9. The van der Waals surface area contributed by atoms with Crippen molar-refractivity contribution in [1.29, 1.82) is 0 Å². The van der Waals surface area contributed by atoms with E-state index < -0.39 is 0 Å². The number of para-hydroxylation sites is 1. The fraction of sp³-hybridized carbons (Fsp3) is 0.0714. The molecule has 0 aliphatic carbocycles. The Morgan fingerprint density at radius 2 is 2.19 bits per heavy atom. The van der Waals surface area contributed by atoms with Crippen molar-refractivity contribution in [3.63, 3.8) is 0 Å². The van der Waals surface area contributed by atoms with E-state index in [0.29, 0.717) is 11.4 Å². The standard InChI is InChI=1S/C14H11N5O2/c15-14-18-12-11(16-7-17-12)13(20)19(14)6-9-5-8-3-1-2-4-10(8)21-9/h1-5,7H,6H2,(H2,15,18)(H,16,17). The third-order valence-electron chi connectivity index (χ3n) is 3.36. The minimum absolute atomic E-state index is 0.122. The number of furan rings is 1. The highest BCUT2D eigenvalue weighted by atomic mass is 16.3. The summed E-state index contributed by atoms with van der Waals surface area (Å²) in [5, 5.41) is 0.980. The van der Waals surface area contributed by atoms with E-state index in [-0.39, 0.29) is 23.6 Å². The van der Waals surface area contributed by atoms with Gasteiger partial charge in [-0.1, -0.05) is 18.2 Å². The van der Waals surface area contributed by atoms with Crippen LogP contribution in [0.4, 0.5) is 5.95 Å². The van der Waals surface area contributed by atoms with Crippen molar-refractivity contribution in [3.05, 3.63) is 52.8 Å². The highest BCUT2D eigenvalue weighted by molar-refractivity contribution is 5.77. The van der Waals surface area contributed by atoms with Crippen LogP contribution >= 0.6 is 0 Å². The van der Waals surface area contributed by atoms with E-state index in [2.05, 4.69) is 15.0 Å². The number of aromatic nitrogens is 4. The van der Waals surface area contributed by atoms with Crippen LogP contribution < -0.4 is 11.3 Å². The van der Waals surface area contributed by atoms with Gasteiger partial charge in [-0.3, -0.25) is 9.36 Å². The van der Waals surface area contributed by atoms with Gasteiger partial charge >= 0.3 is 0 Å². The van der Waals surface area contributed by atoms with Gasteiger partial charge in [0.15, 0.2) is 11.2 Å². The van der Waals surface area contributed by atoms with E-state index >= 15 is 0 Å². The molecule has 0 saturated carbocycles. The summed E-state index contributed by atoms with van der Waals surface area (Å²) in [5.41, 5.74) is 6.98. The van der Waals surface area contributed by atoms with Crippen LogP contribution in [0.3, 0.4) is 0 Å². The van der Waals surface area contributed by atoms with Crippen molar-refractivity contribution in [2.75, 3.05) is 5.73 Å². The number of benzene rings is 1. The van der Waals surface area contributed by atoms with Gasteiger partial charge in [0.1, 0.15) is 11.3 Å². The van der Waals surface area contributed by atoms with Gasteiger partial charge in [0, 0.05) is 5.39 Å². The molecule has 0 atom stereocenters. The smallest absolute Gasteiger partial charge is 0.283 e. The fourth-order valence-electron chi connectivity index (χ4n) is 2.36. The van der Waals surface area contributed by atoms with E-state index in [1.807, 2.05) is 30.3 Å². The zero-order chi connectivity index (χ0) is 14.4. The molecule has 1 aromatic carbocycles. The first-order valence-corrected chi connectivity index (χ1v) is 6.39. The molecule has 0 aliphatic heterocycles. The van der Waals surface area contributed by atoms with Gasteiger partial charge < -0.3 is 15.1 Å². The maximum absolute atomic E-state index is 12.3. The first-order chi connectivity index (χ1) is 10.2. The average Bonchev–Trinajstić information content (AvgIpc) is 3.09. The van der Waals surface area contributed by atoms with Gasteiger partial charge in [0.05, 0.1) is 12.9 Å². The van der Waals surface area contributed by atoms with E-state index in [0.717, 1.165) is 11.0 Å². The molecule has 0 radical (unpaired) electrons. The predicted molar refractivity (Wildman–Crippen MR) is 77.9 cm³/mol. The minimum Gasteiger partial charge on any atom is -0.459 e. The van der Waals surface area contributed by atoms with Crippen LogP contribution in [0.5, 0.6) is 0 Å². The molecule has 0 fully saturated rings. The Balaban J connectivity index is 1.85. The van der Waals surface area contributed by atoms with Crippen LogP contribution in [0.2, 0.25) is 0 Å². The Bertz CT molecular complexity index is 978. The zero-order valence-electron chi connectivity index (χ0n) is 10.9. The number of H-pyrrole nitrogens is 1. The number of nitrogens with zero attached hydrogens (tertiary/aromatic N) is 3. The third-order valence-corrected chi connectivity index (χ3v) is 3.36. The molecule has 3 aromatic heterocycles. The molecule has 0 unspecified atom stereocenters.